The predicted octanol–water partition coefficient (Wildman–Crippen LogP) is 0.807. The van der Waals surface area contributed by atoms with Gasteiger partial charge in [-0.2, -0.15) is 0 Å². The third kappa shape index (κ3) is 1.83. The Kier molecular flexibility index (Phi) is 2.50. The summed E-state index contributed by atoms with van der Waals surface area (Å²) in [4.78, 5) is 9.88. The molecule has 1 aromatic heterocycles. The molecule has 0 atom stereocenters. The second kappa shape index (κ2) is 3.97. The van der Waals surface area contributed by atoms with Gasteiger partial charge in [0, 0.05) is 6.42 Å². The minimum atomic E-state index is -0.740. The number of benzene rings is 1. The molecule has 0 unspecified atom stereocenters. The maximum Gasteiger partial charge on any atom is 0.436 e. The van der Waals surface area contributed by atoms with Gasteiger partial charge < -0.3 is 15.3 Å². The fraction of sp³-hybridized carbons (Fsp3) is 0.111. The number of aromatic nitrogens is 2. The molecule has 0 amide bonds. The van der Waals surface area contributed by atoms with Crippen LogP contribution < -0.4 is 4.90 Å². The molecule has 0 aliphatic heterocycles. The highest BCUT2D eigenvalue weighted by Crippen LogP contribution is 2.15. The third-order valence-corrected chi connectivity index (χ3v) is 2.07. The second-order valence-corrected chi connectivity index (χ2v) is 3.12. The van der Waals surface area contributed by atoms with Crippen molar-refractivity contribution >= 4 is 5.82 Å². The first-order chi connectivity index (χ1) is 7.68. The molecule has 0 fully saturated rings. The van der Waals surface area contributed by atoms with Gasteiger partial charge in [-0.15, -0.1) is 0 Å². The molecule has 0 saturated heterocycles. The van der Waals surface area contributed by atoms with E-state index in [4.69, 9.17) is 0 Å². The smallest absolute Gasteiger partial charge is 0.359 e. The summed E-state index contributed by atoms with van der Waals surface area (Å²) in [6.07, 6.45) is 0.115. The summed E-state index contributed by atoms with van der Waals surface area (Å²) in [5.41, 5.74) is 0.676. The van der Waals surface area contributed by atoms with Gasteiger partial charge in [0.2, 0.25) is 0 Å². The zero-order valence-electron chi connectivity index (χ0n) is 8.07. The van der Waals surface area contributed by atoms with Crippen LogP contribution >= 0.6 is 0 Å². The fourth-order valence-corrected chi connectivity index (χ4v) is 1.33. The van der Waals surface area contributed by atoms with Gasteiger partial charge in [0.25, 0.3) is 5.69 Å². The van der Waals surface area contributed by atoms with E-state index in [-0.39, 0.29) is 17.0 Å². The van der Waals surface area contributed by atoms with Gasteiger partial charge in [-0.3, -0.25) is 4.63 Å². The van der Waals surface area contributed by atoms with E-state index < -0.39 is 10.7 Å². The summed E-state index contributed by atoms with van der Waals surface area (Å²) in [7, 11) is 0. The lowest BCUT2D eigenvalue weighted by Crippen LogP contribution is -2.28. The lowest BCUT2D eigenvalue weighted by atomic mass is 10.1. The van der Waals surface area contributed by atoms with Crippen LogP contribution in [-0.4, -0.2) is 10.1 Å². The van der Waals surface area contributed by atoms with E-state index in [2.05, 4.69) is 9.79 Å². The molecule has 0 bridgehead atoms. The molecular weight excluding hydrogens is 214 g/mol. The standard InChI is InChI=1S/C9H7N3O4/c13-11(14)9-8(12(15)16-10-9)6-7-4-2-1-3-5-7/h1-5H,6H2. The molecule has 0 spiro atoms. The van der Waals surface area contributed by atoms with Crippen molar-refractivity contribution in [2.45, 2.75) is 6.42 Å². The van der Waals surface area contributed by atoms with Crippen LogP contribution in [0.5, 0.6) is 0 Å². The summed E-state index contributed by atoms with van der Waals surface area (Å²) in [5, 5.41) is 24.8. The van der Waals surface area contributed by atoms with Gasteiger partial charge in [0.1, 0.15) is 0 Å². The SMILES string of the molecule is O=[N+]([O-])c1no[n+]([O-])c1Cc1ccccc1. The lowest BCUT2D eigenvalue weighted by Gasteiger charge is -1.97. The van der Waals surface area contributed by atoms with E-state index in [9.17, 15) is 15.3 Å². The number of hydrogen-bond acceptors (Lipinski definition) is 5. The van der Waals surface area contributed by atoms with Gasteiger partial charge in [-0.25, -0.2) is 0 Å². The van der Waals surface area contributed by atoms with Crippen LogP contribution in [0.4, 0.5) is 5.82 Å². The Morgan fingerprint density at radius 3 is 2.69 bits per heavy atom. The van der Waals surface area contributed by atoms with E-state index >= 15 is 0 Å². The molecule has 1 aromatic carbocycles. The van der Waals surface area contributed by atoms with Crippen molar-refractivity contribution in [3.63, 3.8) is 0 Å². The first kappa shape index (κ1) is 10.1. The first-order valence-electron chi connectivity index (χ1n) is 4.45. The molecule has 82 valence electrons. The second-order valence-electron chi connectivity index (χ2n) is 3.12. The molecule has 2 aromatic rings. The van der Waals surface area contributed by atoms with Gasteiger partial charge in [-0.1, -0.05) is 30.3 Å². The van der Waals surface area contributed by atoms with Gasteiger partial charge in [-0.05, 0) is 15.4 Å². The summed E-state index contributed by atoms with van der Waals surface area (Å²) >= 11 is 0. The average molecular weight is 221 g/mol. The highest BCUT2D eigenvalue weighted by atomic mass is 16.8. The Bertz CT molecular complexity index is 509. The number of nitro groups is 1. The maximum absolute atomic E-state index is 11.1. The van der Waals surface area contributed by atoms with Crippen molar-refractivity contribution in [1.29, 1.82) is 0 Å². The molecule has 1 heterocycles. The Morgan fingerprint density at radius 2 is 2.06 bits per heavy atom. The summed E-state index contributed by atoms with van der Waals surface area (Å²) in [6.45, 7) is 0. The van der Waals surface area contributed by atoms with Crippen molar-refractivity contribution in [2.75, 3.05) is 0 Å². The number of rotatable bonds is 3. The fourth-order valence-electron chi connectivity index (χ4n) is 1.33. The van der Waals surface area contributed by atoms with Crippen LogP contribution in [0.1, 0.15) is 11.3 Å². The van der Waals surface area contributed by atoms with Crippen LogP contribution in [0.15, 0.2) is 35.0 Å². The van der Waals surface area contributed by atoms with Crippen molar-refractivity contribution in [3.8, 4) is 0 Å². The maximum atomic E-state index is 11.1. The Hall–Kier alpha value is -2.44. The Balaban J connectivity index is 2.34. The zero-order chi connectivity index (χ0) is 11.5. The number of nitrogens with zero attached hydrogens (tertiary/aromatic N) is 3. The monoisotopic (exact) mass is 221 g/mol. The summed E-state index contributed by atoms with van der Waals surface area (Å²) in [6, 6.07) is 8.90. The number of hydrogen-bond donors (Lipinski definition) is 0. The largest absolute Gasteiger partial charge is 0.436 e. The minimum Gasteiger partial charge on any atom is -0.359 e. The van der Waals surface area contributed by atoms with Crippen molar-refractivity contribution < 1.29 is 14.5 Å². The van der Waals surface area contributed by atoms with Crippen LogP contribution in [0.2, 0.25) is 0 Å². The molecular formula is C9H7N3O4. The third-order valence-electron chi connectivity index (χ3n) is 2.07. The van der Waals surface area contributed by atoms with E-state index in [1.54, 1.807) is 24.3 Å². The molecule has 0 aliphatic rings. The zero-order valence-corrected chi connectivity index (χ0v) is 8.07. The molecule has 16 heavy (non-hydrogen) atoms. The lowest BCUT2D eigenvalue weighted by molar-refractivity contribution is -0.807. The van der Waals surface area contributed by atoms with Gasteiger partial charge >= 0.3 is 5.82 Å². The molecule has 7 nitrogen and oxygen atoms in total. The van der Waals surface area contributed by atoms with E-state index in [1.165, 1.54) is 0 Å². The molecule has 0 N–H and O–H groups in total. The van der Waals surface area contributed by atoms with Crippen molar-refractivity contribution in [3.05, 3.63) is 56.9 Å². The van der Waals surface area contributed by atoms with Crippen LogP contribution in [0.3, 0.4) is 0 Å². The van der Waals surface area contributed by atoms with Gasteiger partial charge in [0.15, 0.2) is 0 Å². The minimum absolute atomic E-state index is 0.0606. The van der Waals surface area contributed by atoms with Gasteiger partial charge in [0.05, 0.1) is 5.16 Å². The molecule has 7 heteroatoms. The van der Waals surface area contributed by atoms with Crippen LogP contribution in [0.25, 0.3) is 0 Å². The Labute approximate surface area is 89.6 Å². The van der Waals surface area contributed by atoms with Crippen LogP contribution in [-0.2, 0) is 6.42 Å². The van der Waals surface area contributed by atoms with E-state index in [0.29, 0.717) is 0 Å². The molecule has 2 rings (SSSR count). The van der Waals surface area contributed by atoms with Crippen LogP contribution in [0, 0.1) is 15.3 Å². The summed E-state index contributed by atoms with van der Waals surface area (Å²) in [5.74, 6) is -0.543. The van der Waals surface area contributed by atoms with Crippen molar-refractivity contribution in [1.82, 2.24) is 5.16 Å². The quantitative estimate of drug-likeness (QED) is 0.434. The first-order valence-corrected chi connectivity index (χ1v) is 4.45. The predicted molar refractivity (Wildman–Crippen MR) is 51.4 cm³/mol. The highest BCUT2D eigenvalue weighted by Gasteiger charge is 2.24. The normalized spacial score (nSPS) is 10.2. The van der Waals surface area contributed by atoms with E-state index in [1.807, 2.05) is 6.07 Å². The highest BCUT2D eigenvalue weighted by molar-refractivity contribution is 5.27. The molecule has 0 saturated carbocycles. The van der Waals surface area contributed by atoms with E-state index in [0.717, 1.165) is 5.56 Å². The Morgan fingerprint density at radius 1 is 1.38 bits per heavy atom. The molecule has 0 radical (unpaired) electrons. The summed E-state index contributed by atoms with van der Waals surface area (Å²) < 4.78 is 4.20. The average Bonchev–Trinajstić information content (AvgIpc) is 2.62. The van der Waals surface area contributed by atoms with Crippen molar-refractivity contribution in [2.24, 2.45) is 0 Å². The molecule has 0 aliphatic carbocycles. The topological polar surface area (TPSA) is 96.1 Å².